The fourth-order valence-corrected chi connectivity index (χ4v) is 3.05. The molecule has 0 radical (unpaired) electrons. The predicted octanol–water partition coefficient (Wildman–Crippen LogP) is 2.47. The van der Waals surface area contributed by atoms with Gasteiger partial charge in [-0.3, -0.25) is 9.69 Å². The lowest BCUT2D eigenvalue weighted by atomic mass is 9.81. The number of nitrogens with one attached hydrogen (secondary N) is 1. The maximum Gasteiger partial charge on any atom is 0.437 e. The van der Waals surface area contributed by atoms with Crippen molar-refractivity contribution in [1.29, 1.82) is 0 Å². The molecule has 10 heteroatoms. The van der Waals surface area contributed by atoms with Crippen molar-refractivity contribution in [3.8, 4) is 0 Å². The molecule has 25 heavy (non-hydrogen) atoms. The molecule has 1 heterocycles. The molecular formula is C15H16ClF3N2O4. The first-order valence-corrected chi connectivity index (χ1v) is 7.68. The number of hydrogen-bond acceptors (Lipinski definition) is 4. The van der Waals surface area contributed by atoms with Crippen molar-refractivity contribution in [1.82, 2.24) is 10.2 Å². The van der Waals surface area contributed by atoms with Gasteiger partial charge in [0.05, 0.1) is 12.6 Å². The van der Waals surface area contributed by atoms with Crippen LogP contribution in [0.5, 0.6) is 0 Å². The first-order valence-electron chi connectivity index (χ1n) is 7.30. The summed E-state index contributed by atoms with van der Waals surface area (Å²) < 4.78 is 45.8. The van der Waals surface area contributed by atoms with Gasteiger partial charge in [-0.1, -0.05) is 29.8 Å². The number of nitrogens with zero attached hydrogens (tertiary/aromatic N) is 1. The van der Waals surface area contributed by atoms with E-state index in [4.69, 9.17) is 16.3 Å². The van der Waals surface area contributed by atoms with Crippen LogP contribution in [0, 0.1) is 5.92 Å². The Kier molecular flexibility index (Phi) is 5.19. The summed E-state index contributed by atoms with van der Waals surface area (Å²) in [6.45, 7) is 1.22. The highest BCUT2D eigenvalue weighted by atomic mass is 35.5. The van der Waals surface area contributed by atoms with E-state index in [1.54, 1.807) is 0 Å². The Balaban J connectivity index is 2.67. The van der Waals surface area contributed by atoms with Crippen LogP contribution >= 0.6 is 11.6 Å². The molecule has 1 aliphatic heterocycles. The average Bonchev–Trinajstić information content (AvgIpc) is 2.51. The molecule has 1 aromatic rings. The van der Waals surface area contributed by atoms with Gasteiger partial charge in [0, 0.05) is 12.1 Å². The number of ether oxygens (including phenoxy) is 1. The van der Waals surface area contributed by atoms with E-state index < -0.39 is 35.9 Å². The topological polar surface area (TPSA) is 78.9 Å². The van der Waals surface area contributed by atoms with Crippen LogP contribution in [0.1, 0.15) is 18.5 Å². The second kappa shape index (κ2) is 6.72. The molecule has 2 amide bonds. The second-order valence-electron chi connectivity index (χ2n) is 5.46. The van der Waals surface area contributed by atoms with Crippen molar-refractivity contribution in [3.63, 3.8) is 0 Å². The van der Waals surface area contributed by atoms with Gasteiger partial charge in [0.2, 0.25) is 0 Å². The van der Waals surface area contributed by atoms with Crippen LogP contribution in [0.3, 0.4) is 0 Å². The fraction of sp³-hybridized carbons (Fsp3) is 0.467. The van der Waals surface area contributed by atoms with E-state index in [1.165, 1.54) is 31.2 Å². The summed E-state index contributed by atoms with van der Waals surface area (Å²) in [5.41, 5.74) is -3.70. The molecule has 0 bridgehead atoms. The minimum absolute atomic E-state index is 0.0381. The highest BCUT2D eigenvalue weighted by Gasteiger charge is 2.70. The van der Waals surface area contributed by atoms with Crippen molar-refractivity contribution in [2.75, 3.05) is 13.7 Å². The van der Waals surface area contributed by atoms with E-state index in [9.17, 15) is 27.9 Å². The number of carbonyl (C=O) groups is 2. The number of alkyl halides is 3. The zero-order valence-corrected chi connectivity index (χ0v) is 14.1. The normalized spacial score (nSPS) is 27.0. The van der Waals surface area contributed by atoms with Crippen molar-refractivity contribution < 1.29 is 32.6 Å². The Morgan fingerprint density at radius 1 is 1.44 bits per heavy atom. The summed E-state index contributed by atoms with van der Waals surface area (Å²) in [4.78, 5) is 24.4. The number of urea groups is 1. The van der Waals surface area contributed by atoms with Gasteiger partial charge in [-0.05, 0) is 18.6 Å². The molecule has 1 aromatic carbocycles. The standard InChI is InChI=1S/C15H16ClF3N2O4/c1-3-25-12(22)10-11(8-6-4-5-7-9(8)16)20-13(23)21(2)14(10,24)15(17,18)19/h4-7,10-11,24H,3H2,1-2H3,(H,20,23)/t10-,11+,14+/m1/s1. The third-order valence-corrected chi connectivity index (χ3v) is 4.40. The van der Waals surface area contributed by atoms with Gasteiger partial charge in [-0.2, -0.15) is 13.2 Å². The van der Waals surface area contributed by atoms with E-state index >= 15 is 0 Å². The van der Waals surface area contributed by atoms with Crippen molar-refractivity contribution in [2.24, 2.45) is 5.92 Å². The number of halogens is 4. The molecule has 3 atom stereocenters. The van der Waals surface area contributed by atoms with Gasteiger partial charge in [0.25, 0.3) is 5.72 Å². The molecule has 0 saturated carbocycles. The van der Waals surface area contributed by atoms with Gasteiger partial charge in [-0.25, -0.2) is 4.79 Å². The quantitative estimate of drug-likeness (QED) is 0.790. The third-order valence-electron chi connectivity index (χ3n) is 4.06. The number of aliphatic hydroxyl groups is 1. The summed E-state index contributed by atoms with van der Waals surface area (Å²) >= 11 is 6.02. The monoisotopic (exact) mass is 380 g/mol. The fourth-order valence-electron chi connectivity index (χ4n) is 2.79. The number of carbonyl (C=O) groups excluding carboxylic acids is 2. The maximum absolute atomic E-state index is 13.7. The minimum Gasteiger partial charge on any atom is -0.466 e. The maximum atomic E-state index is 13.7. The largest absolute Gasteiger partial charge is 0.466 e. The molecule has 138 valence electrons. The Labute approximate surface area is 146 Å². The van der Waals surface area contributed by atoms with Crippen LogP contribution in [0.2, 0.25) is 5.02 Å². The van der Waals surface area contributed by atoms with Crippen molar-refractivity contribution in [3.05, 3.63) is 34.9 Å². The van der Waals surface area contributed by atoms with Gasteiger partial charge in [-0.15, -0.1) is 0 Å². The van der Waals surface area contributed by atoms with Crippen LogP contribution in [-0.4, -0.2) is 47.6 Å². The van der Waals surface area contributed by atoms with Crippen LogP contribution in [0.25, 0.3) is 0 Å². The lowest BCUT2D eigenvalue weighted by Gasteiger charge is -2.49. The Hall–Kier alpha value is -2.00. The SMILES string of the molecule is CCOC(=O)[C@H]1[C@H](c2ccccc2Cl)NC(=O)N(C)[C@@]1(O)C(F)(F)F. The highest BCUT2D eigenvalue weighted by Crippen LogP contribution is 2.47. The molecule has 1 saturated heterocycles. The van der Waals surface area contributed by atoms with Gasteiger partial charge in [0.15, 0.2) is 0 Å². The van der Waals surface area contributed by atoms with E-state index in [0.717, 1.165) is 7.05 Å². The highest BCUT2D eigenvalue weighted by molar-refractivity contribution is 6.31. The van der Waals surface area contributed by atoms with Crippen LogP contribution < -0.4 is 5.32 Å². The van der Waals surface area contributed by atoms with Gasteiger partial charge in [0.1, 0.15) is 5.92 Å². The van der Waals surface area contributed by atoms with Crippen LogP contribution in [0.15, 0.2) is 24.3 Å². The number of hydrogen-bond donors (Lipinski definition) is 2. The lowest BCUT2D eigenvalue weighted by Crippen LogP contribution is -2.73. The van der Waals surface area contributed by atoms with Crippen LogP contribution in [0.4, 0.5) is 18.0 Å². The third kappa shape index (κ3) is 3.13. The number of rotatable bonds is 3. The van der Waals surface area contributed by atoms with E-state index in [2.05, 4.69) is 5.32 Å². The zero-order chi connectivity index (χ0) is 19.0. The summed E-state index contributed by atoms with van der Waals surface area (Å²) in [6.07, 6.45) is -5.31. The molecule has 1 fully saturated rings. The zero-order valence-electron chi connectivity index (χ0n) is 13.3. The lowest BCUT2D eigenvalue weighted by molar-refractivity contribution is -0.328. The van der Waals surface area contributed by atoms with Gasteiger partial charge < -0.3 is 15.2 Å². The molecule has 0 unspecified atom stereocenters. The Morgan fingerprint density at radius 2 is 2.04 bits per heavy atom. The second-order valence-corrected chi connectivity index (χ2v) is 5.87. The van der Waals surface area contributed by atoms with E-state index in [0.29, 0.717) is 0 Å². The first-order chi connectivity index (χ1) is 11.6. The molecule has 0 spiro atoms. The summed E-state index contributed by atoms with van der Waals surface area (Å²) in [5, 5.41) is 12.7. The van der Waals surface area contributed by atoms with Crippen molar-refractivity contribution >= 4 is 23.6 Å². The molecule has 2 N–H and O–H groups in total. The minimum atomic E-state index is -5.31. The number of amides is 2. The van der Waals surface area contributed by atoms with Gasteiger partial charge >= 0.3 is 18.2 Å². The molecule has 0 aromatic heterocycles. The summed E-state index contributed by atoms with van der Waals surface area (Å²) in [6, 6.07) is 3.06. The number of esters is 1. The molecule has 6 nitrogen and oxygen atoms in total. The predicted molar refractivity (Wildman–Crippen MR) is 81.6 cm³/mol. The van der Waals surface area contributed by atoms with Crippen molar-refractivity contribution in [2.45, 2.75) is 24.9 Å². The smallest absolute Gasteiger partial charge is 0.437 e. The molecule has 0 aliphatic carbocycles. The molecule has 1 aliphatic rings. The van der Waals surface area contributed by atoms with Crippen LogP contribution in [-0.2, 0) is 9.53 Å². The molecular weight excluding hydrogens is 365 g/mol. The number of benzene rings is 1. The molecule has 2 rings (SSSR count). The summed E-state index contributed by atoms with van der Waals surface area (Å²) in [7, 11) is 0.748. The Morgan fingerprint density at radius 3 is 2.56 bits per heavy atom. The average molecular weight is 381 g/mol. The Bertz CT molecular complexity index is 685. The van der Waals surface area contributed by atoms with E-state index in [1.807, 2.05) is 0 Å². The van der Waals surface area contributed by atoms with E-state index in [-0.39, 0.29) is 22.1 Å². The first kappa shape index (κ1) is 19.3. The summed E-state index contributed by atoms with van der Waals surface area (Å²) in [5.74, 6) is -3.48.